The van der Waals surface area contributed by atoms with Gasteiger partial charge in [0.2, 0.25) is 5.91 Å². The van der Waals surface area contributed by atoms with E-state index in [2.05, 4.69) is 21.2 Å². The highest BCUT2D eigenvalue weighted by Crippen LogP contribution is 2.18. The third-order valence-electron chi connectivity index (χ3n) is 2.78. The summed E-state index contributed by atoms with van der Waals surface area (Å²) in [5, 5.41) is 2.81. The monoisotopic (exact) mass is 348 g/mol. The van der Waals surface area contributed by atoms with Gasteiger partial charge in [-0.05, 0) is 42.8 Å². The van der Waals surface area contributed by atoms with Gasteiger partial charge in [-0.2, -0.15) is 0 Å². The molecule has 0 radical (unpaired) electrons. The number of anilines is 2. The molecule has 0 heterocycles. The first kappa shape index (κ1) is 15.4. The number of rotatable bonds is 6. The van der Waals surface area contributed by atoms with Crippen molar-refractivity contribution < 1.29 is 9.53 Å². The minimum atomic E-state index is -0.0431. The number of nitrogens with one attached hydrogen (secondary N) is 1. The molecular formula is C16H17BrN2O2. The molecule has 110 valence electrons. The summed E-state index contributed by atoms with van der Waals surface area (Å²) in [6.45, 7) is 0.501. The summed E-state index contributed by atoms with van der Waals surface area (Å²) < 4.78 is 6.55. The quantitative estimate of drug-likeness (QED) is 0.615. The average molecular weight is 349 g/mol. The number of nitrogen functional groups attached to an aromatic ring is 1. The molecule has 0 saturated carbocycles. The molecule has 2 aromatic carbocycles. The zero-order valence-corrected chi connectivity index (χ0v) is 13.1. The van der Waals surface area contributed by atoms with Gasteiger partial charge in [-0.15, -0.1) is 0 Å². The molecule has 0 fully saturated rings. The summed E-state index contributed by atoms with van der Waals surface area (Å²) >= 11 is 3.38. The largest absolute Gasteiger partial charge is 0.494 e. The lowest BCUT2D eigenvalue weighted by atomic mass is 10.2. The number of ether oxygens (including phenoxy) is 1. The molecule has 1 amide bonds. The topological polar surface area (TPSA) is 64.3 Å². The minimum Gasteiger partial charge on any atom is -0.494 e. The zero-order chi connectivity index (χ0) is 15.1. The van der Waals surface area contributed by atoms with Crippen LogP contribution in [0.1, 0.15) is 12.8 Å². The van der Waals surface area contributed by atoms with E-state index in [9.17, 15) is 4.79 Å². The number of amides is 1. The van der Waals surface area contributed by atoms with Gasteiger partial charge in [-0.1, -0.05) is 28.1 Å². The van der Waals surface area contributed by atoms with Crippen LogP contribution in [0.4, 0.5) is 11.4 Å². The Bertz CT molecular complexity index is 617. The molecule has 0 bridgehead atoms. The lowest BCUT2D eigenvalue weighted by Crippen LogP contribution is -2.12. The number of nitrogens with two attached hydrogens (primary N) is 1. The highest BCUT2D eigenvalue weighted by molar-refractivity contribution is 9.10. The summed E-state index contributed by atoms with van der Waals surface area (Å²) in [5.41, 5.74) is 7.00. The van der Waals surface area contributed by atoms with E-state index in [1.165, 1.54) is 0 Å². The summed E-state index contributed by atoms with van der Waals surface area (Å²) in [5.74, 6) is 0.749. The highest BCUT2D eigenvalue weighted by Gasteiger charge is 2.03. The molecule has 0 aliphatic carbocycles. The van der Waals surface area contributed by atoms with Gasteiger partial charge in [-0.3, -0.25) is 4.79 Å². The maximum atomic E-state index is 11.8. The van der Waals surface area contributed by atoms with Crippen LogP contribution in [-0.2, 0) is 4.79 Å². The molecule has 2 aromatic rings. The lowest BCUT2D eigenvalue weighted by molar-refractivity contribution is -0.116. The Morgan fingerprint density at radius 3 is 2.76 bits per heavy atom. The second-order valence-electron chi connectivity index (χ2n) is 4.58. The van der Waals surface area contributed by atoms with Crippen molar-refractivity contribution in [1.29, 1.82) is 0 Å². The van der Waals surface area contributed by atoms with Crippen LogP contribution in [-0.4, -0.2) is 12.5 Å². The zero-order valence-electron chi connectivity index (χ0n) is 11.5. The Hall–Kier alpha value is -2.01. The van der Waals surface area contributed by atoms with Crippen molar-refractivity contribution in [2.45, 2.75) is 12.8 Å². The van der Waals surface area contributed by atoms with Crippen molar-refractivity contribution in [2.24, 2.45) is 0 Å². The molecule has 0 unspecified atom stereocenters. The minimum absolute atomic E-state index is 0.0431. The molecule has 0 atom stereocenters. The number of benzene rings is 2. The van der Waals surface area contributed by atoms with E-state index in [1.54, 1.807) is 18.2 Å². The second kappa shape index (κ2) is 7.69. The van der Waals surface area contributed by atoms with Gasteiger partial charge >= 0.3 is 0 Å². The molecule has 5 heteroatoms. The molecule has 0 aliphatic rings. The van der Waals surface area contributed by atoms with Gasteiger partial charge in [0.25, 0.3) is 0 Å². The van der Waals surface area contributed by atoms with Crippen molar-refractivity contribution in [3.05, 3.63) is 53.0 Å². The molecule has 4 nitrogen and oxygen atoms in total. The SMILES string of the molecule is Nc1cccc(NC(=O)CCCOc2cccc(Br)c2)c1. The van der Waals surface area contributed by atoms with Crippen molar-refractivity contribution >= 4 is 33.2 Å². The number of carbonyl (C=O) groups excluding carboxylic acids is 1. The average Bonchev–Trinajstić information content (AvgIpc) is 2.44. The number of carbonyl (C=O) groups is 1. The molecular weight excluding hydrogens is 332 g/mol. The van der Waals surface area contributed by atoms with E-state index in [-0.39, 0.29) is 5.91 Å². The van der Waals surface area contributed by atoms with Crippen molar-refractivity contribution in [3.63, 3.8) is 0 Å². The van der Waals surface area contributed by atoms with E-state index >= 15 is 0 Å². The summed E-state index contributed by atoms with van der Waals surface area (Å²) in [6.07, 6.45) is 1.06. The van der Waals surface area contributed by atoms with Crippen LogP contribution in [0.5, 0.6) is 5.75 Å². The maximum Gasteiger partial charge on any atom is 0.224 e. The summed E-state index contributed by atoms with van der Waals surface area (Å²) in [6, 6.07) is 14.8. The number of hydrogen-bond donors (Lipinski definition) is 2. The van der Waals surface area contributed by atoms with E-state index in [4.69, 9.17) is 10.5 Å². The van der Waals surface area contributed by atoms with Crippen molar-refractivity contribution in [1.82, 2.24) is 0 Å². The van der Waals surface area contributed by atoms with Gasteiger partial charge in [0, 0.05) is 22.3 Å². The summed E-state index contributed by atoms with van der Waals surface area (Å²) in [7, 11) is 0. The third-order valence-corrected chi connectivity index (χ3v) is 3.28. The van der Waals surface area contributed by atoms with E-state index < -0.39 is 0 Å². The van der Waals surface area contributed by atoms with Crippen LogP contribution >= 0.6 is 15.9 Å². The molecule has 21 heavy (non-hydrogen) atoms. The van der Waals surface area contributed by atoms with Crippen LogP contribution in [0.25, 0.3) is 0 Å². The lowest BCUT2D eigenvalue weighted by Gasteiger charge is -2.07. The van der Waals surface area contributed by atoms with Crippen molar-refractivity contribution in [3.8, 4) is 5.75 Å². The Morgan fingerprint density at radius 2 is 2.00 bits per heavy atom. The van der Waals surface area contributed by atoms with Gasteiger partial charge < -0.3 is 15.8 Å². The predicted octanol–water partition coefficient (Wildman–Crippen LogP) is 3.83. The van der Waals surface area contributed by atoms with Crippen LogP contribution in [0.3, 0.4) is 0 Å². The first-order valence-electron chi connectivity index (χ1n) is 6.67. The first-order valence-corrected chi connectivity index (χ1v) is 7.46. The molecule has 0 aromatic heterocycles. The van der Waals surface area contributed by atoms with Crippen LogP contribution in [0.15, 0.2) is 53.0 Å². The maximum absolute atomic E-state index is 11.8. The number of halogens is 1. The summed E-state index contributed by atoms with van der Waals surface area (Å²) in [4.78, 5) is 11.8. The Labute approximate surface area is 132 Å². The molecule has 0 spiro atoms. The van der Waals surface area contributed by atoms with Gasteiger partial charge in [0.1, 0.15) is 5.75 Å². The van der Waals surface area contributed by atoms with Gasteiger partial charge in [0.15, 0.2) is 0 Å². The molecule has 2 rings (SSSR count). The van der Waals surface area contributed by atoms with E-state index in [1.807, 2.05) is 30.3 Å². The molecule has 0 aliphatic heterocycles. The second-order valence-corrected chi connectivity index (χ2v) is 5.50. The van der Waals surface area contributed by atoms with Gasteiger partial charge in [0.05, 0.1) is 6.61 Å². The fraction of sp³-hybridized carbons (Fsp3) is 0.188. The van der Waals surface area contributed by atoms with Crippen LogP contribution in [0, 0.1) is 0 Å². The van der Waals surface area contributed by atoms with Gasteiger partial charge in [-0.25, -0.2) is 0 Å². The van der Waals surface area contributed by atoms with E-state index in [0.717, 1.165) is 10.2 Å². The molecule has 3 N–H and O–H groups in total. The number of hydrogen-bond acceptors (Lipinski definition) is 3. The van der Waals surface area contributed by atoms with Crippen LogP contribution in [0.2, 0.25) is 0 Å². The Morgan fingerprint density at radius 1 is 1.19 bits per heavy atom. The third kappa shape index (κ3) is 5.47. The first-order chi connectivity index (χ1) is 10.1. The Balaban J connectivity index is 1.70. The highest BCUT2D eigenvalue weighted by atomic mass is 79.9. The smallest absolute Gasteiger partial charge is 0.224 e. The standard InChI is InChI=1S/C16H17BrN2O2/c17-12-4-1-7-15(10-12)21-9-3-8-16(20)19-14-6-2-5-13(18)11-14/h1-2,4-7,10-11H,3,8-9,18H2,(H,19,20). The van der Waals surface area contributed by atoms with Crippen molar-refractivity contribution in [2.75, 3.05) is 17.7 Å². The van der Waals surface area contributed by atoms with E-state index in [0.29, 0.717) is 30.8 Å². The normalized spacial score (nSPS) is 10.1. The predicted molar refractivity (Wildman–Crippen MR) is 88.4 cm³/mol. The van der Waals surface area contributed by atoms with Crippen LogP contribution < -0.4 is 15.8 Å². The fourth-order valence-electron chi connectivity index (χ4n) is 1.82. The Kier molecular flexibility index (Phi) is 5.63. The molecule has 0 saturated heterocycles. The fourth-order valence-corrected chi connectivity index (χ4v) is 2.20.